The lowest BCUT2D eigenvalue weighted by atomic mass is 10.1. The third kappa shape index (κ3) is 4.18. The van der Waals surface area contributed by atoms with Gasteiger partial charge in [-0.1, -0.05) is 18.2 Å². The lowest BCUT2D eigenvalue weighted by Gasteiger charge is -2.19. The number of hydrogen-bond acceptors (Lipinski definition) is 5. The normalized spacial score (nSPS) is 11.3. The average Bonchev–Trinajstić information content (AvgIpc) is 3.42. The van der Waals surface area contributed by atoms with E-state index in [0.29, 0.717) is 12.1 Å². The average molecular weight is 434 g/mol. The molecule has 0 N–H and O–H groups in total. The van der Waals surface area contributed by atoms with E-state index in [4.69, 9.17) is 4.98 Å². The fourth-order valence-corrected chi connectivity index (χ4v) is 4.26. The minimum atomic E-state index is -0.0369. The molecule has 0 atom stereocenters. The Labute approximate surface area is 186 Å². The van der Waals surface area contributed by atoms with Gasteiger partial charge >= 0.3 is 0 Å². The van der Waals surface area contributed by atoms with Gasteiger partial charge in [0.15, 0.2) is 5.65 Å². The number of hydrogen-bond donors (Lipinski definition) is 0. The zero-order chi connectivity index (χ0) is 22.1. The zero-order valence-corrected chi connectivity index (χ0v) is 19.3. The van der Waals surface area contributed by atoms with E-state index >= 15 is 0 Å². The number of aromatic nitrogens is 3. The van der Waals surface area contributed by atoms with Crippen LogP contribution < -0.4 is 4.90 Å². The van der Waals surface area contributed by atoms with Gasteiger partial charge in [0.25, 0.3) is 5.91 Å². The van der Waals surface area contributed by atoms with Crippen molar-refractivity contribution in [1.82, 2.24) is 19.7 Å². The summed E-state index contributed by atoms with van der Waals surface area (Å²) >= 11 is 1.62. The van der Waals surface area contributed by atoms with Crippen LogP contribution in [0.5, 0.6) is 0 Å². The van der Waals surface area contributed by atoms with Crippen molar-refractivity contribution in [1.29, 1.82) is 0 Å². The fraction of sp³-hybridized carbons (Fsp3) is 0.292. The number of fused-ring (bicyclic) bond motifs is 1. The highest BCUT2D eigenvalue weighted by Gasteiger charge is 2.21. The Kier molecular flexibility index (Phi) is 5.78. The first-order valence-corrected chi connectivity index (χ1v) is 11.2. The van der Waals surface area contributed by atoms with Crippen LogP contribution in [0, 0.1) is 0 Å². The fourth-order valence-electron chi connectivity index (χ4n) is 3.57. The van der Waals surface area contributed by atoms with Crippen LogP contribution in [-0.2, 0) is 6.54 Å². The van der Waals surface area contributed by atoms with Crippen LogP contribution in [0.4, 0.5) is 5.69 Å². The molecule has 6 nitrogen and oxygen atoms in total. The van der Waals surface area contributed by atoms with Gasteiger partial charge in [0, 0.05) is 39.4 Å². The van der Waals surface area contributed by atoms with Gasteiger partial charge < -0.3 is 9.80 Å². The molecule has 0 saturated carbocycles. The van der Waals surface area contributed by atoms with Crippen molar-refractivity contribution in [3.05, 3.63) is 65.2 Å². The summed E-state index contributed by atoms with van der Waals surface area (Å²) in [4.78, 5) is 23.2. The highest BCUT2D eigenvalue weighted by atomic mass is 32.1. The lowest BCUT2D eigenvalue weighted by Crippen LogP contribution is -2.26. The maximum atomic E-state index is 13.5. The van der Waals surface area contributed by atoms with Gasteiger partial charge in [-0.05, 0) is 49.1 Å². The maximum absolute atomic E-state index is 13.5. The summed E-state index contributed by atoms with van der Waals surface area (Å²) in [6.45, 7) is 4.66. The Morgan fingerprint density at radius 2 is 1.87 bits per heavy atom. The van der Waals surface area contributed by atoms with E-state index in [-0.39, 0.29) is 11.9 Å². The molecule has 0 saturated heterocycles. The highest BCUT2D eigenvalue weighted by molar-refractivity contribution is 7.13. The van der Waals surface area contributed by atoms with Crippen LogP contribution in [0.1, 0.15) is 35.8 Å². The first-order valence-electron chi connectivity index (χ1n) is 10.3. The van der Waals surface area contributed by atoms with Gasteiger partial charge in [0.1, 0.15) is 0 Å². The monoisotopic (exact) mass is 433 g/mol. The number of nitrogens with zero attached hydrogens (tertiary/aromatic N) is 5. The molecular formula is C24H27N5OS. The molecule has 0 spiro atoms. The number of carbonyl (C=O) groups excluding carboxylic acids is 1. The van der Waals surface area contributed by atoms with E-state index in [1.54, 1.807) is 22.4 Å². The van der Waals surface area contributed by atoms with E-state index in [0.717, 1.165) is 32.9 Å². The molecule has 0 unspecified atom stereocenters. The molecule has 3 aromatic heterocycles. The Morgan fingerprint density at radius 3 is 2.48 bits per heavy atom. The van der Waals surface area contributed by atoms with Crippen molar-refractivity contribution in [3.8, 4) is 10.6 Å². The number of carbonyl (C=O) groups is 1. The van der Waals surface area contributed by atoms with Crippen molar-refractivity contribution in [3.63, 3.8) is 0 Å². The SMILES string of the molecule is CC(C)n1ncc2c(C(=O)N(C)Cc3ccc(N(C)C)cc3)cc(-c3cccs3)nc21. The van der Waals surface area contributed by atoms with E-state index in [2.05, 4.69) is 48.1 Å². The molecule has 0 aliphatic heterocycles. The van der Waals surface area contributed by atoms with Crippen molar-refractivity contribution < 1.29 is 4.79 Å². The second kappa shape index (κ2) is 8.51. The Balaban J connectivity index is 1.70. The molecule has 3 heterocycles. The third-order valence-corrected chi connectivity index (χ3v) is 6.17. The zero-order valence-electron chi connectivity index (χ0n) is 18.5. The quantitative estimate of drug-likeness (QED) is 0.426. The van der Waals surface area contributed by atoms with E-state index in [9.17, 15) is 4.79 Å². The van der Waals surface area contributed by atoms with Crippen LogP contribution in [-0.4, -0.2) is 46.7 Å². The summed E-state index contributed by atoms with van der Waals surface area (Å²) < 4.78 is 1.88. The smallest absolute Gasteiger partial charge is 0.254 e. The Bertz CT molecular complexity index is 1190. The van der Waals surface area contributed by atoms with Gasteiger partial charge in [-0.25, -0.2) is 9.67 Å². The molecule has 0 aliphatic carbocycles. The predicted octanol–water partition coefficient (Wildman–Crippen LogP) is 5.08. The molecule has 0 bridgehead atoms. The van der Waals surface area contributed by atoms with Crippen molar-refractivity contribution in [2.45, 2.75) is 26.4 Å². The summed E-state index contributed by atoms with van der Waals surface area (Å²) in [5.41, 5.74) is 4.40. The Morgan fingerprint density at radius 1 is 1.13 bits per heavy atom. The van der Waals surface area contributed by atoms with Crippen LogP contribution in [0.15, 0.2) is 54.0 Å². The summed E-state index contributed by atoms with van der Waals surface area (Å²) in [7, 11) is 5.87. The largest absolute Gasteiger partial charge is 0.378 e. The number of thiophene rings is 1. The van der Waals surface area contributed by atoms with Crippen molar-refractivity contribution in [2.75, 3.05) is 26.0 Å². The first-order chi connectivity index (χ1) is 14.8. The van der Waals surface area contributed by atoms with Gasteiger partial charge in [-0.2, -0.15) is 5.10 Å². The molecule has 0 fully saturated rings. The van der Waals surface area contributed by atoms with Crippen molar-refractivity contribution in [2.24, 2.45) is 0 Å². The van der Waals surface area contributed by atoms with E-state index in [1.165, 1.54) is 0 Å². The van der Waals surface area contributed by atoms with Gasteiger partial charge in [0.2, 0.25) is 0 Å². The number of amides is 1. The van der Waals surface area contributed by atoms with Gasteiger partial charge in [-0.3, -0.25) is 4.79 Å². The molecule has 7 heteroatoms. The summed E-state index contributed by atoms with van der Waals surface area (Å²) in [5, 5.41) is 7.32. The van der Waals surface area contributed by atoms with Crippen LogP contribution >= 0.6 is 11.3 Å². The lowest BCUT2D eigenvalue weighted by molar-refractivity contribution is 0.0787. The second-order valence-electron chi connectivity index (χ2n) is 8.17. The summed E-state index contributed by atoms with van der Waals surface area (Å²) in [6.07, 6.45) is 1.76. The standard InChI is InChI=1S/C24H27N5OS/c1-16(2)29-23-20(14-25-29)19(13-21(26-23)22-7-6-12-31-22)24(30)28(5)15-17-8-10-18(11-9-17)27(3)4/h6-14,16H,15H2,1-5H3. The third-order valence-electron chi connectivity index (χ3n) is 5.28. The molecule has 4 aromatic rings. The van der Waals surface area contributed by atoms with E-state index in [1.807, 2.05) is 49.4 Å². The predicted molar refractivity (Wildman–Crippen MR) is 128 cm³/mol. The van der Waals surface area contributed by atoms with Crippen LogP contribution in [0.25, 0.3) is 21.6 Å². The molecule has 31 heavy (non-hydrogen) atoms. The molecule has 0 radical (unpaired) electrons. The highest BCUT2D eigenvalue weighted by Crippen LogP contribution is 2.29. The molecule has 1 amide bonds. The van der Waals surface area contributed by atoms with Crippen LogP contribution in [0.2, 0.25) is 0 Å². The number of benzene rings is 1. The molecular weight excluding hydrogens is 406 g/mol. The number of anilines is 1. The second-order valence-corrected chi connectivity index (χ2v) is 9.12. The summed E-state index contributed by atoms with van der Waals surface area (Å²) in [6, 6.07) is 14.3. The minimum absolute atomic E-state index is 0.0369. The van der Waals surface area contributed by atoms with Gasteiger partial charge in [-0.15, -0.1) is 11.3 Å². The number of pyridine rings is 1. The molecule has 1 aromatic carbocycles. The van der Waals surface area contributed by atoms with Crippen LogP contribution in [0.3, 0.4) is 0 Å². The number of rotatable bonds is 6. The van der Waals surface area contributed by atoms with Crippen molar-refractivity contribution >= 4 is 34.0 Å². The molecule has 4 rings (SSSR count). The van der Waals surface area contributed by atoms with Gasteiger partial charge in [0.05, 0.1) is 27.7 Å². The Hall–Kier alpha value is -3.19. The summed E-state index contributed by atoms with van der Waals surface area (Å²) in [5.74, 6) is -0.0369. The molecule has 160 valence electrons. The maximum Gasteiger partial charge on any atom is 0.254 e. The molecule has 0 aliphatic rings. The topological polar surface area (TPSA) is 54.3 Å². The van der Waals surface area contributed by atoms with E-state index < -0.39 is 0 Å². The minimum Gasteiger partial charge on any atom is -0.378 e. The first kappa shape index (κ1) is 21.1.